The van der Waals surface area contributed by atoms with Crippen molar-refractivity contribution in [3.05, 3.63) is 77.1 Å². The number of nitrogens with zero attached hydrogens (tertiary/aromatic N) is 6. The van der Waals surface area contributed by atoms with Crippen molar-refractivity contribution in [3.8, 4) is 11.3 Å². The zero-order valence-electron chi connectivity index (χ0n) is 22.5. The third kappa shape index (κ3) is 5.42. The number of pyridine rings is 1. The monoisotopic (exact) mass is 609 g/mol. The zero-order chi connectivity index (χ0) is 29.4. The van der Waals surface area contributed by atoms with Gasteiger partial charge in [-0.25, -0.2) is 18.4 Å². The van der Waals surface area contributed by atoms with Gasteiger partial charge in [0.15, 0.2) is 6.20 Å². The van der Waals surface area contributed by atoms with Crippen LogP contribution in [0.1, 0.15) is 29.9 Å². The molecule has 12 nitrogen and oxygen atoms in total. The van der Waals surface area contributed by atoms with Crippen molar-refractivity contribution in [3.63, 3.8) is 0 Å². The van der Waals surface area contributed by atoms with Crippen molar-refractivity contribution >= 4 is 44.3 Å². The summed E-state index contributed by atoms with van der Waals surface area (Å²) in [6, 6.07) is 10.8. The van der Waals surface area contributed by atoms with E-state index in [-0.39, 0.29) is 42.8 Å². The molecule has 0 saturated carbocycles. The maximum absolute atomic E-state index is 13.7. The second kappa shape index (κ2) is 11.3. The summed E-state index contributed by atoms with van der Waals surface area (Å²) in [7, 11) is -3.97. The van der Waals surface area contributed by atoms with Gasteiger partial charge in [0.2, 0.25) is 17.4 Å². The fourth-order valence-corrected chi connectivity index (χ4v) is 7.15. The van der Waals surface area contributed by atoms with Gasteiger partial charge in [0, 0.05) is 79.6 Å². The fourth-order valence-electron chi connectivity index (χ4n) is 5.49. The summed E-state index contributed by atoms with van der Waals surface area (Å²) < 4.78 is 29.4. The fraction of sp³-hybridized carbons (Fsp3) is 0.321. The standard InChI is InChI=1S/C28H28ClN7O5S/c29-21-6-7-23-19(13-21)14-25(32-23)42(40,41)34-11-12-35(22(18-34)15-26(37)33-8-3-4-9-33)28(38)27-30-16-20(17-31-27)24-5-1-2-10-36(24)39/h1-2,5-7,10,13-14,16-17,22,32H,3-4,8-9,11-12,15,18H2. The van der Waals surface area contributed by atoms with Crippen molar-refractivity contribution in [2.75, 3.05) is 32.7 Å². The lowest BCUT2D eigenvalue weighted by Crippen LogP contribution is -2.57. The number of carbonyl (C=O) groups excluding carboxylic acids is 2. The van der Waals surface area contributed by atoms with Crippen molar-refractivity contribution in [1.29, 1.82) is 0 Å². The Kier molecular flexibility index (Phi) is 7.56. The van der Waals surface area contributed by atoms with Crippen LogP contribution < -0.4 is 4.73 Å². The number of piperazine rings is 1. The molecule has 4 aromatic rings. The highest BCUT2D eigenvalue weighted by Crippen LogP contribution is 2.27. The van der Waals surface area contributed by atoms with Gasteiger partial charge < -0.3 is 20.0 Å². The van der Waals surface area contributed by atoms with Crippen molar-refractivity contribution < 1.29 is 22.7 Å². The Balaban J connectivity index is 1.26. The van der Waals surface area contributed by atoms with Crippen LogP contribution in [-0.4, -0.2) is 88.1 Å². The lowest BCUT2D eigenvalue weighted by Gasteiger charge is -2.40. The van der Waals surface area contributed by atoms with Crippen LogP contribution in [0.25, 0.3) is 22.2 Å². The number of H-pyrrole nitrogens is 1. The number of halogens is 1. The van der Waals surface area contributed by atoms with Crippen molar-refractivity contribution in [2.24, 2.45) is 0 Å². The maximum Gasteiger partial charge on any atom is 0.292 e. The van der Waals surface area contributed by atoms with Gasteiger partial charge in [-0.2, -0.15) is 9.04 Å². The first kappa shape index (κ1) is 28.1. The number of sulfonamides is 1. The van der Waals surface area contributed by atoms with E-state index in [9.17, 15) is 23.2 Å². The molecule has 0 bridgehead atoms. The van der Waals surface area contributed by atoms with Crippen LogP contribution in [0.5, 0.6) is 0 Å². The first-order valence-corrected chi connectivity index (χ1v) is 15.4. The molecule has 0 radical (unpaired) electrons. The van der Waals surface area contributed by atoms with Gasteiger partial charge in [0.05, 0.1) is 11.6 Å². The molecule has 1 N–H and O–H groups in total. The Hall–Kier alpha value is -4.07. The number of fused-ring (bicyclic) bond motifs is 1. The molecule has 2 aliphatic heterocycles. The van der Waals surface area contributed by atoms with E-state index in [0.29, 0.717) is 45.0 Å². The summed E-state index contributed by atoms with van der Waals surface area (Å²) in [6.07, 6.45) is 5.95. The number of aromatic amines is 1. The average molecular weight is 610 g/mol. The summed E-state index contributed by atoms with van der Waals surface area (Å²) in [5, 5.41) is 13.3. The van der Waals surface area contributed by atoms with Crippen LogP contribution in [0.2, 0.25) is 5.02 Å². The molecule has 2 amide bonds. The minimum absolute atomic E-state index is 0.0135. The molecule has 14 heteroatoms. The predicted molar refractivity (Wildman–Crippen MR) is 154 cm³/mol. The van der Waals surface area contributed by atoms with E-state index >= 15 is 0 Å². The van der Waals surface area contributed by atoms with Crippen LogP contribution in [0, 0.1) is 5.21 Å². The second-order valence-corrected chi connectivity index (χ2v) is 12.7. The van der Waals surface area contributed by atoms with E-state index in [0.717, 1.165) is 12.8 Å². The van der Waals surface area contributed by atoms with Crippen LogP contribution >= 0.6 is 11.6 Å². The molecule has 1 aromatic carbocycles. The second-order valence-electron chi connectivity index (χ2n) is 10.4. The maximum atomic E-state index is 13.7. The quantitative estimate of drug-likeness (QED) is 0.261. The summed E-state index contributed by atoms with van der Waals surface area (Å²) >= 11 is 6.08. The number of amides is 2. The smallest absolute Gasteiger partial charge is 0.292 e. The number of rotatable bonds is 6. The normalized spacial score (nSPS) is 18.1. The molecular formula is C28H28ClN7O5S. The van der Waals surface area contributed by atoms with Crippen LogP contribution in [0.15, 0.2) is 66.1 Å². The molecule has 42 heavy (non-hydrogen) atoms. The molecule has 0 aliphatic carbocycles. The van der Waals surface area contributed by atoms with Crippen LogP contribution in [0.4, 0.5) is 0 Å². The molecule has 2 fully saturated rings. The zero-order valence-corrected chi connectivity index (χ0v) is 24.1. The molecule has 6 rings (SSSR count). The predicted octanol–water partition coefficient (Wildman–Crippen LogP) is 2.44. The van der Waals surface area contributed by atoms with Crippen LogP contribution in [-0.2, 0) is 14.8 Å². The molecule has 1 unspecified atom stereocenters. The number of benzene rings is 1. The van der Waals surface area contributed by atoms with Gasteiger partial charge in [0.1, 0.15) is 5.03 Å². The summed E-state index contributed by atoms with van der Waals surface area (Å²) in [5.74, 6) is -0.745. The van der Waals surface area contributed by atoms with E-state index < -0.39 is 22.0 Å². The molecular weight excluding hydrogens is 582 g/mol. The molecule has 2 saturated heterocycles. The summed E-state index contributed by atoms with van der Waals surface area (Å²) in [5.41, 5.74) is 1.41. The number of hydrogen-bond donors (Lipinski definition) is 1. The Morgan fingerprint density at radius 3 is 2.55 bits per heavy atom. The molecule has 218 valence electrons. The number of carbonyl (C=O) groups is 2. The minimum Gasteiger partial charge on any atom is -0.618 e. The van der Waals surface area contributed by atoms with Crippen molar-refractivity contribution in [1.82, 2.24) is 29.1 Å². The van der Waals surface area contributed by atoms with E-state index in [2.05, 4.69) is 15.0 Å². The van der Waals surface area contributed by atoms with Gasteiger partial charge in [-0.3, -0.25) is 9.59 Å². The number of aromatic nitrogens is 4. The van der Waals surface area contributed by atoms with E-state index in [4.69, 9.17) is 11.6 Å². The first-order valence-electron chi connectivity index (χ1n) is 13.6. The van der Waals surface area contributed by atoms with E-state index in [1.54, 1.807) is 41.3 Å². The highest BCUT2D eigenvalue weighted by atomic mass is 35.5. The minimum atomic E-state index is -3.97. The Morgan fingerprint density at radius 2 is 1.81 bits per heavy atom. The van der Waals surface area contributed by atoms with E-state index in [1.807, 2.05) is 0 Å². The topological polar surface area (TPSA) is 147 Å². The highest BCUT2D eigenvalue weighted by molar-refractivity contribution is 7.89. The Labute approximate surface area is 247 Å². The SMILES string of the molecule is O=C(CC1CN(S(=O)(=O)c2cc3cc(Cl)ccc3[nH]2)CCN1C(=O)c1ncc(-c2cccc[n+]2[O-])cn1)N1CCCC1. The largest absolute Gasteiger partial charge is 0.618 e. The molecule has 5 heterocycles. The first-order chi connectivity index (χ1) is 20.2. The molecule has 3 aromatic heterocycles. The Bertz CT molecular complexity index is 1760. The van der Waals surface area contributed by atoms with Gasteiger partial charge in [-0.15, -0.1) is 0 Å². The third-order valence-corrected chi connectivity index (χ3v) is 9.74. The number of nitrogens with one attached hydrogen (secondary N) is 1. The Morgan fingerprint density at radius 1 is 1.05 bits per heavy atom. The number of hydrogen-bond acceptors (Lipinski definition) is 7. The van der Waals surface area contributed by atoms with Gasteiger partial charge in [-0.05, 0) is 43.2 Å². The lowest BCUT2D eigenvalue weighted by atomic mass is 10.1. The van der Waals surface area contributed by atoms with E-state index in [1.165, 1.54) is 33.9 Å². The highest BCUT2D eigenvalue weighted by Gasteiger charge is 2.39. The van der Waals surface area contributed by atoms with Gasteiger partial charge in [0.25, 0.3) is 15.9 Å². The summed E-state index contributed by atoms with van der Waals surface area (Å²) in [4.78, 5) is 41.4. The van der Waals surface area contributed by atoms with Crippen molar-refractivity contribution in [2.45, 2.75) is 30.3 Å². The molecule has 0 spiro atoms. The summed E-state index contributed by atoms with van der Waals surface area (Å²) in [6.45, 7) is 1.29. The van der Waals surface area contributed by atoms with Gasteiger partial charge in [-0.1, -0.05) is 11.6 Å². The average Bonchev–Trinajstić information content (AvgIpc) is 3.68. The molecule has 1 atom stereocenters. The van der Waals surface area contributed by atoms with Crippen LogP contribution in [0.3, 0.4) is 0 Å². The third-order valence-electron chi connectivity index (χ3n) is 7.71. The molecule has 2 aliphatic rings. The lowest BCUT2D eigenvalue weighted by molar-refractivity contribution is -0.593. The van der Waals surface area contributed by atoms with Gasteiger partial charge >= 0.3 is 0 Å². The number of likely N-dealkylation sites (tertiary alicyclic amines) is 1.